The minimum Gasteiger partial charge on any atom is -0.464 e. The van der Waals surface area contributed by atoms with Crippen LogP contribution in [-0.2, 0) is 27.8 Å². The van der Waals surface area contributed by atoms with E-state index in [2.05, 4.69) is 19.7 Å². The predicted molar refractivity (Wildman–Crippen MR) is 95.8 cm³/mol. The van der Waals surface area contributed by atoms with Crippen LogP contribution in [-0.4, -0.2) is 46.8 Å². The van der Waals surface area contributed by atoms with Gasteiger partial charge in [-0.25, -0.2) is 28.2 Å². The molecule has 0 aliphatic carbocycles. The summed E-state index contributed by atoms with van der Waals surface area (Å²) in [5, 5.41) is 0. The zero-order chi connectivity index (χ0) is 21.6. The molecule has 0 aromatic carbocycles. The standard InChI is InChI=1S/C17H15F3N4O4S/c1-4-29(26,27)12-6-5-9(16(25)28-3)22-14(12)15-23-10-7-13(17(18,19)20)21-8-11(10)24(15)2/h5-8H,4H2,1-3H3. The monoisotopic (exact) mass is 428 g/mol. The minimum atomic E-state index is -4.66. The molecule has 3 rings (SSSR count). The second kappa shape index (κ2) is 7.10. The fourth-order valence-electron chi connectivity index (χ4n) is 2.69. The third kappa shape index (κ3) is 3.67. The van der Waals surface area contributed by atoms with Gasteiger partial charge in [0, 0.05) is 7.05 Å². The van der Waals surface area contributed by atoms with Crippen LogP contribution in [0.1, 0.15) is 23.1 Å². The van der Waals surface area contributed by atoms with Crippen LogP contribution in [0.2, 0.25) is 0 Å². The second-order valence-corrected chi connectivity index (χ2v) is 8.24. The molecule has 0 saturated carbocycles. The second-order valence-electron chi connectivity index (χ2n) is 5.99. The molecule has 0 radical (unpaired) electrons. The van der Waals surface area contributed by atoms with Crippen LogP contribution in [0, 0.1) is 0 Å². The normalized spacial score (nSPS) is 12.3. The van der Waals surface area contributed by atoms with Crippen LogP contribution in [0.4, 0.5) is 13.2 Å². The van der Waals surface area contributed by atoms with Crippen molar-refractivity contribution in [3.63, 3.8) is 0 Å². The topological polar surface area (TPSA) is 104 Å². The smallest absolute Gasteiger partial charge is 0.433 e. The molecule has 0 saturated heterocycles. The van der Waals surface area contributed by atoms with Crippen molar-refractivity contribution in [3.8, 4) is 11.5 Å². The Balaban J connectivity index is 2.32. The zero-order valence-electron chi connectivity index (χ0n) is 15.5. The number of imidazole rings is 1. The maximum Gasteiger partial charge on any atom is 0.433 e. The molecule has 0 aliphatic rings. The Kier molecular flexibility index (Phi) is 5.07. The number of carbonyl (C=O) groups is 1. The maximum atomic E-state index is 13.0. The van der Waals surface area contributed by atoms with Crippen molar-refractivity contribution in [3.05, 3.63) is 35.8 Å². The van der Waals surface area contributed by atoms with Gasteiger partial charge in [-0.1, -0.05) is 6.92 Å². The Bertz CT molecular complexity index is 1220. The average molecular weight is 428 g/mol. The van der Waals surface area contributed by atoms with Gasteiger partial charge in [-0.2, -0.15) is 13.2 Å². The summed E-state index contributed by atoms with van der Waals surface area (Å²) < 4.78 is 69.8. The number of hydrogen-bond donors (Lipinski definition) is 0. The number of fused-ring (bicyclic) bond motifs is 1. The number of halogens is 3. The molecule has 0 aliphatic heterocycles. The highest BCUT2D eigenvalue weighted by Gasteiger charge is 2.33. The summed E-state index contributed by atoms with van der Waals surface area (Å²) in [6.45, 7) is 1.43. The number of nitrogens with zero attached hydrogens (tertiary/aromatic N) is 4. The molecule has 0 amide bonds. The summed E-state index contributed by atoms with van der Waals surface area (Å²) >= 11 is 0. The molecule has 12 heteroatoms. The number of rotatable bonds is 4. The van der Waals surface area contributed by atoms with E-state index in [0.29, 0.717) is 0 Å². The van der Waals surface area contributed by atoms with Gasteiger partial charge in [0.2, 0.25) is 0 Å². The summed E-state index contributed by atoms with van der Waals surface area (Å²) in [6.07, 6.45) is -3.67. The molecule has 3 aromatic rings. The van der Waals surface area contributed by atoms with Gasteiger partial charge in [-0.3, -0.25) is 0 Å². The minimum absolute atomic E-state index is 0.0288. The Morgan fingerprint density at radius 2 is 1.93 bits per heavy atom. The van der Waals surface area contributed by atoms with E-state index in [9.17, 15) is 26.4 Å². The Labute approximate surface area is 163 Å². The lowest BCUT2D eigenvalue weighted by atomic mass is 10.3. The summed E-state index contributed by atoms with van der Waals surface area (Å²) in [4.78, 5) is 23.2. The first-order valence-corrected chi connectivity index (χ1v) is 9.87. The van der Waals surface area contributed by atoms with E-state index in [1.54, 1.807) is 0 Å². The van der Waals surface area contributed by atoms with E-state index in [-0.39, 0.29) is 38.9 Å². The van der Waals surface area contributed by atoms with Gasteiger partial charge < -0.3 is 9.30 Å². The number of hydrogen-bond acceptors (Lipinski definition) is 7. The molecule has 3 heterocycles. The maximum absolute atomic E-state index is 13.0. The van der Waals surface area contributed by atoms with Gasteiger partial charge in [0.25, 0.3) is 0 Å². The number of aryl methyl sites for hydroxylation is 1. The average Bonchev–Trinajstić information content (AvgIpc) is 3.02. The van der Waals surface area contributed by atoms with Crippen LogP contribution >= 0.6 is 0 Å². The van der Waals surface area contributed by atoms with Crippen molar-refractivity contribution in [2.45, 2.75) is 18.0 Å². The molecule has 29 heavy (non-hydrogen) atoms. The van der Waals surface area contributed by atoms with Crippen molar-refractivity contribution in [2.75, 3.05) is 12.9 Å². The van der Waals surface area contributed by atoms with Gasteiger partial charge in [0.05, 0.1) is 35.0 Å². The van der Waals surface area contributed by atoms with Crippen LogP contribution in [0.3, 0.4) is 0 Å². The molecule has 0 spiro atoms. The van der Waals surface area contributed by atoms with Crippen LogP contribution in [0.25, 0.3) is 22.6 Å². The molecule has 0 unspecified atom stereocenters. The van der Waals surface area contributed by atoms with Crippen molar-refractivity contribution in [1.29, 1.82) is 0 Å². The Hall–Kier alpha value is -3.02. The first-order chi connectivity index (χ1) is 13.5. The number of pyridine rings is 2. The number of esters is 1. The van der Waals surface area contributed by atoms with Crippen molar-refractivity contribution < 1.29 is 31.1 Å². The van der Waals surface area contributed by atoms with E-state index in [4.69, 9.17) is 0 Å². The lowest BCUT2D eigenvalue weighted by Gasteiger charge is -2.10. The summed E-state index contributed by atoms with van der Waals surface area (Å²) in [6, 6.07) is 3.16. The largest absolute Gasteiger partial charge is 0.464 e. The van der Waals surface area contributed by atoms with Crippen molar-refractivity contribution in [2.24, 2.45) is 7.05 Å². The number of alkyl halides is 3. The van der Waals surface area contributed by atoms with Gasteiger partial charge in [-0.15, -0.1) is 0 Å². The molecule has 3 aromatic heterocycles. The van der Waals surface area contributed by atoms with E-state index < -0.39 is 27.7 Å². The number of carbonyl (C=O) groups excluding carboxylic acids is 1. The lowest BCUT2D eigenvalue weighted by Crippen LogP contribution is -2.12. The van der Waals surface area contributed by atoms with E-state index in [0.717, 1.165) is 19.4 Å². The molecule has 0 fully saturated rings. The first kappa shape index (κ1) is 20.7. The van der Waals surface area contributed by atoms with Crippen LogP contribution in [0.15, 0.2) is 29.3 Å². The fourth-order valence-corrected chi connectivity index (χ4v) is 3.70. The molecular formula is C17H15F3N4O4S. The Morgan fingerprint density at radius 3 is 2.52 bits per heavy atom. The molecule has 0 N–H and O–H groups in total. The first-order valence-electron chi connectivity index (χ1n) is 8.21. The third-order valence-electron chi connectivity index (χ3n) is 4.24. The highest BCUT2D eigenvalue weighted by Crippen LogP contribution is 2.32. The highest BCUT2D eigenvalue weighted by atomic mass is 32.2. The number of sulfone groups is 1. The molecule has 0 bridgehead atoms. The quantitative estimate of drug-likeness (QED) is 0.589. The van der Waals surface area contributed by atoms with Crippen molar-refractivity contribution >= 4 is 26.8 Å². The van der Waals surface area contributed by atoms with E-state index in [1.165, 1.54) is 30.7 Å². The fraction of sp³-hybridized carbons (Fsp3) is 0.294. The Morgan fingerprint density at radius 1 is 1.24 bits per heavy atom. The van der Waals surface area contributed by atoms with Gasteiger partial charge >= 0.3 is 12.1 Å². The summed E-state index contributed by atoms with van der Waals surface area (Å²) in [7, 11) is -1.16. The van der Waals surface area contributed by atoms with Gasteiger partial charge in [-0.05, 0) is 18.2 Å². The highest BCUT2D eigenvalue weighted by molar-refractivity contribution is 7.91. The van der Waals surface area contributed by atoms with Crippen molar-refractivity contribution in [1.82, 2.24) is 19.5 Å². The van der Waals surface area contributed by atoms with Gasteiger partial charge in [0.15, 0.2) is 15.7 Å². The predicted octanol–water partition coefficient (Wildman–Crippen LogP) is 2.63. The lowest BCUT2D eigenvalue weighted by molar-refractivity contribution is -0.141. The van der Waals surface area contributed by atoms with Crippen LogP contribution < -0.4 is 0 Å². The van der Waals surface area contributed by atoms with E-state index >= 15 is 0 Å². The molecular weight excluding hydrogens is 413 g/mol. The number of aromatic nitrogens is 4. The summed E-state index contributed by atoms with van der Waals surface area (Å²) in [5.41, 5.74) is -1.28. The van der Waals surface area contributed by atoms with Gasteiger partial charge in [0.1, 0.15) is 17.1 Å². The number of ether oxygens (including phenoxy) is 1. The zero-order valence-corrected chi connectivity index (χ0v) is 16.3. The molecule has 0 atom stereocenters. The number of methoxy groups -OCH3 is 1. The van der Waals surface area contributed by atoms with E-state index in [1.807, 2.05) is 0 Å². The third-order valence-corrected chi connectivity index (χ3v) is 6.00. The summed E-state index contributed by atoms with van der Waals surface area (Å²) in [5.74, 6) is -1.08. The molecule has 8 nitrogen and oxygen atoms in total. The SMILES string of the molecule is CCS(=O)(=O)c1ccc(C(=O)OC)nc1-c1nc2cc(C(F)(F)F)ncc2n1C. The van der Waals surface area contributed by atoms with Crippen LogP contribution in [0.5, 0.6) is 0 Å². The molecule has 154 valence electrons.